The maximum atomic E-state index is 11.7. The van der Waals surface area contributed by atoms with E-state index in [-0.39, 0.29) is 11.8 Å². The van der Waals surface area contributed by atoms with Gasteiger partial charge in [0.05, 0.1) is 12.1 Å². The highest BCUT2D eigenvalue weighted by molar-refractivity contribution is 5.80. The first kappa shape index (κ1) is 12.9. The average Bonchev–Trinajstić information content (AvgIpc) is 3.16. The second kappa shape index (κ2) is 4.90. The Labute approximate surface area is 125 Å². The third-order valence-corrected chi connectivity index (χ3v) is 3.63. The van der Waals surface area contributed by atoms with E-state index in [0.29, 0.717) is 29.7 Å². The van der Waals surface area contributed by atoms with Crippen molar-refractivity contribution < 1.29 is 9.32 Å². The van der Waals surface area contributed by atoms with Crippen molar-refractivity contribution in [2.45, 2.75) is 26.3 Å². The van der Waals surface area contributed by atoms with Gasteiger partial charge in [-0.25, -0.2) is 0 Å². The Hall–Kier alpha value is -2.77. The molecule has 112 valence electrons. The first-order valence-corrected chi connectivity index (χ1v) is 7.13. The van der Waals surface area contributed by atoms with Crippen molar-refractivity contribution >= 4 is 11.6 Å². The van der Waals surface area contributed by atoms with Gasteiger partial charge in [-0.2, -0.15) is 4.98 Å². The van der Waals surface area contributed by atoms with Crippen LogP contribution in [0.15, 0.2) is 22.9 Å². The molecule has 0 unspecified atom stereocenters. The van der Waals surface area contributed by atoms with E-state index >= 15 is 0 Å². The quantitative estimate of drug-likeness (QED) is 0.775. The molecule has 0 bridgehead atoms. The lowest BCUT2D eigenvalue weighted by atomic mass is 10.2. The zero-order valence-electron chi connectivity index (χ0n) is 12.0. The molecule has 0 aliphatic heterocycles. The summed E-state index contributed by atoms with van der Waals surface area (Å²) in [5.41, 5.74) is 1.34. The smallest absolute Gasteiger partial charge is 0.261 e. The second-order valence-electron chi connectivity index (χ2n) is 5.37. The molecule has 0 saturated heterocycles. The number of fused-ring (bicyclic) bond motifs is 1. The summed E-state index contributed by atoms with van der Waals surface area (Å²) in [6.45, 7) is 2.11. The fourth-order valence-electron chi connectivity index (χ4n) is 2.31. The van der Waals surface area contributed by atoms with Crippen LogP contribution in [0, 0.1) is 12.8 Å². The van der Waals surface area contributed by atoms with E-state index in [9.17, 15) is 4.79 Å². The molecule has 3 heterocycles. The summed E-state index contributed by atoms with van der Waals surface area (Å²) in [7, 11) is 0. The van der Waals surface area contributed by atoms with Gasteiger partial charge in [-0.3, -0.25) is 9.20 Å². The monoisotopic (exact) mass is 298 g/mol. The minimum atomic E-state index is 0.0837. The Kier molecular flexibility index (Phi) is 2.88. The number of nitrogens with one attached hydrogen (secondary N) is 1. The number of pyridine rings is 1. The summed E-state index contributed by atoms with van der Waals surface area (Å²) in [6.07, 6.45) is 3.81. The van der Waals surface area contributed by atoms with Gasteiger partial charge in [-0.15, -0.1) is 10.2 Å². The Balaban J connectivity index is 1.65. The Morgan fingerprint density at radius 1 is 1.45 bits per heavy atom. The number of carbonyl (C=O) groups is 1. The molecule has 1 fully saturated rings. The molecular weight excluding hydrogens is 284 g/mol. The summed E-state index contributed by atoms with van der Waals surface area (Å²) in [4.78, 5) is 15.9. The highest BCUT2D eigenvalue weighted by atomic mass is 16.5. The first-order chi connectivity index (χ1) is 10.7. The molecular formula is C14H14N6O2. The molecule has 1 saturated carbocycles. The zero-order chi connectivity index (χ0) is 15.1. The molecule has 4 rings (SSSR count). The molecule has 0 atom stereocenters. The highest BCUT2D eigenvalue weighted by Crippen LogP contribution is 2.28. The Morgan fingerprint density at radius 2 is 2.32 bits per heavy atom. The first-order valence-electron chi connectivity index (χ1n) is 7.13. The van der Waals surface area contributed by atoms with Crippen LogP contribution in [0.5, 0.6) is 0 Å². The van der Waals surface area contributed by atoms with Gasteiger partial charge in [0, 0.05) is 12.1 Å². The summed E-state index contributed by atoms with van der Waals surface area (Å²) in [5.74, 6) is 1.90. The average molecular weight is 298 g/mol. The van der Waals surface area contributed by atoms with Crippen LogP contribution < -0.4 is 5.32 Å². The molecule has 1 aliphatic carbocycles. The van der Waals surface area contributed by atoms with Crippen LogP contribution >= 0.6 is 0 Å². The predicted octanol–water partition coefficient (Wildman–Crippen LogP) is 1.11. The van der Waals surface area contributed by atoms with Gasteiger partial charge in [0.25, 0.3) is 5.89 Å². The van der Waals surface area contributed by atoms with Crippen LogP contribution in [0.4, 0.5) is 0 Å². The van der Waals surface area contributed by atoms with Gasteiger partial charge in [0.15, 0.2) is 17.3 Å². The van der Waals surface area contributed by atoms with Gasteiger partial charge in [0.2, 0.25) is 5.91 Å². The van der Waals surface area contributed by atoms with Gasteiger partial charge in [-0.1, -0.05) is 5.16 Å². The third kappa shape index (κ3) is 2.22. The Morgan fingerprint density at radius 3 is 3.05 bits per heavy atom. The number of amides is 1. The van der Waals surface area contributed by atoms with Crippen LogP contribution in [0.3, 0.4) is 0 Å². The normalized spacial score (nSPS) is 14.4. The summed E-state index contributed by atoms with van der Waals surface area (Å²) < 4.78 is 7.02. The number of carbonyl (C=O) groups excluding carboxylic acids is 1. The van der Waals surface area contributed by atoms with Gasteiger partial charge in [-0.05, 0) is 31.9 Å². The van der Waals surface area contributed by atoms with E-state index in [2.05, 4.69) is 25.7 Å². The lowest BCUT2D eigenvalue weighted by molar-refractivity contribution is -0.122. The second-order valence-corrected chi connectivity index (χ2v) is 5.37. The molecule has 0 spiro atoms. The SMILES string of the molecule is Cc1noc(-c2cccn3c(CNC(=O)C4CC4)nnc23)n1. The number of hydrogen-bond acceptors (Lipinski definition) is 6. The van der Waals surface area contributed by atoms with Crippen LogP contribution in [0.2, 0.25) is 0 Å². The summed E-state index contributed by atoms with van der Waals surface area (Å²) >= 11 is 0. The van der Waals surface area contributed by atoms with E-state index in [4.69, 9.17) is 4.52 Å². The van der Waals surface area contributed by atoms with Crippen LogP contribution in [-0.4, -0.2) is 30.6 Å². The van der Waals surface area contributed by atoms with Gasteiger partial charge < -0.3 is 9.84 Å². The molecule has 22 heavy (non-hydrogen) atoms. The number of rotatable bonds is 4. The number of hydrogen-bond donors (Lipinski definition) is 1. The number of nitrogens with zero attached hydrogens (tertiary/aromatic N) is 5. The van der Waals surface area contributed by atoms with Crippen molar-refractivity contribution in [3.8, 4) is 11.5 Å². The van der Waals surface area contributed by atoms with Crippen LogP contribution in [0.25, 0.3) is 17.1 Å². The van der Waals surface area contributed by atoms with E-state index in [1.807, 2.05) is 22.7 Å². The molecule has 1 aliphatic rings. The lowest BCUT2D eigenvalue weighted by Gasteiger charge is -2.03. The molecule has 3 aromatic heterocycles. The van der Waals surface area contributed by atoms with Crippen molar-refractivity contribution in [3.63, 3.8) is 0 Å². The van der Waals surface area contributed by atoms with Crippen molar-refractivity contribution in [2.24, 2.45) is 5.92 Å². The molecule has 3 aromatic rings. The maximum absolute atomic E-state index is 11.7. The topological polar surface area (TPSA) is 98.2 Å². The molecule has 0 radical (unpaired) electrons. The molecule has 8 heteroatoms. The standard InChI is InChI=1S/C14H14N6O2/c1-8-16-14(22-19-8)10-3-2-6-20-11(17-18-12(10)20)7-15-13(21)9-4-5-9/h2-3,6,9H,4-5,7H2,1H3,(H,15,21). The molecule has 8 nitrogen and oxygen atoms in total. The van der Waals surface area contributed by atoms with E-state index in [0.717, 1.165) is 18.4 Å². The molecule has 0 aromatic carbocycles. The highest BCUT2D eigenvalue weighted by Gasteiger charge is 2.29. The fraction of sp³-hybridized carbons (Fsp3) is 0.357. The van der Waals surface area contributed by atoms with Crippen LogP contribution in [-0.2, 0) is 11.3 Å². The molecule has 1 amide bonds. The van der Waals surface area contributed by atoms with Crippen molar-refractivity contribution in [2.75, 3.05) is 0 Å². The van der Waals surface area contributed by atoms with Crippen LogP contribution in [0.1, 0.15) is 24.5 Å². The summed E-state index contributed by atoms with van der Waals surface area (Å²) in [6, 6.07) is 3.71. The van der Waals surface area contributed by atoms with Crippen molar-refractivity contribution in [1.82, 2.24) is 30.1 Å². The maximum Gasteiger partial charge on any atom is 0.261 e. The third-order valence-electron chi connectivity index (χ3n) is 3.63. The number of aryl methyl sites for hydroxylation is 1. The van der Waals surface area contributed by atoms with Crippen molar-refractivity contribution in [1.29, 1.82) is 0 Å². The minimum absolute atomic E-state index is 0.0837. The fourth-order valence-corrected chi connectivity index (χ4v) is 2.31. The zero-order valence-corrected chi connectivity index (χ0v) is 12.0. The predicted molar refractivity (Wildman–Crippen MR) is 75.6 cm³/mol. The van der Waals surface area contributed by atoms with E-state index in [1.54, 1.807) is 6.92 Å². The summed E-state index contributed by atoms with van der Waals surface area (Å²) in [5, 5.41) is 15.0. The minimum Gasteiger partial charge on any atom is -0.349 e. The Bertz CT molecular complexity index is 848. The largest absolute Gasteiger partial charge is 0.349 e. The number of aromatic nitrogens is 5. The molecule has 1 N–H and O–H groups in total. The lowest BCUT2D eigenvalue weighted by Crippen LogP contribution is -2.25. The van der Waals surface area contributed by atoms with E-state index < -0.39 is 0 Å². The van der Waals surface area contributed by atoms with Crippen molar-refractivity contribution in [3.05, 3.63) is 30.0 Å². The van der Waals surface area contributed by atoms with Gasteiger partial charge in [0.1, 0.15) is 0 Å². The van der Waals surface area contributed by atoms with E-state index in [1.165, 1.54) is 0 Å². The van der Waals surface area contributed by atoms with Gasteiger partial charge >= 0.3 is 0 Å².